The quantitative estimate of drug-likeness (QED) is 0.735. The minimum atomic E-state index is -1.46. The Kier molecular flexibility index (Phi) is 6.05. The van der Waals surface area contributed by atoms with Gasteiger partial charge in [0, 0.05) is 19.7 Å². The predicted octanol–water partition coefficient (Wildman–Crippen LogP) is 0.233. The molecule has 0 aromatic heterocycles. The van der Waals surface area contributed by atoms with Crippen molar-refractivity contribution >= 4 is 12.6 Å². The molecule has 1 aliphatic rings. The maximum atomic E-state index is 9.48. The summed E-state index contributed by atoms with van der Waals surface area (Å²) in [6.45, 7) is 3.29. The third kappa shape index (κ3) is 4.71. The van der Waals surface area contributed by atoms with E-state index in [2.05, 4.69) is 4.90 Å². The van der Waals surface area contributed by atoms with Gasteiger partial charge in [0.1, 0.15) is 5.75 Å². The Morgan fingerprint density at radius 2 is 2.24 bits per heavy atom. The molecule has 2 N–H and O–H groups in total. The summed E-state index contributed by atoms with van der Waals surface area (Å²) in [7, 11) is 2.19. The third-order valence-corrected chi connectivity index (χ3v) is 3.89. The van der Waals surface area contributed by atoms with E-state index in [1.807, 2.05) is 13.1 Å². The zero-order valence-corrected chi connectivity index (χ0v) is 12.8. The summed E-state index contributed by atoms with van der Waals surface area (Å²) in [4.78, 5) is 2.19. The molecule has 5 nitrogen and oxygen atoms in total. The molecule has 0 radical (unpaired) electrons. The molecule has 1 aliphatic heterocycles. The first-order valence-electron chi connectivity index (χ1n) is 7.39. The van der Waals surface area contributed by atoms with E-state index in [9.17, 15) is 10.0 Å². The van der Waals surface area contributed by atoms with Gasteiger partial charge in [-0.05, 0) is 49.0 Å². The number of ether oxygens (including phenoxy) is 2. The maximum Gasteiger partial charge on any atom is 0.488 e. The minimum absolute atomic E-state index is 0.530. The minimum Gasteiger partial charge on any atom is -0.497 e. The van der Waals surface area contributed by atoms with Crippen LogP contribution in [0.5, 0.6) is 5.75 Å². The van der Waals surface area contributed by atoms with Gasteiger partial charge in [0.25, 0.3) is 0 Å². The Bertz CT molecular complexity index is 449. The second-order valence-corrected chi connectivity index (χ2v) is 5.72. The normalized spacial score (nSPS) is 18.8. The van der Waals surface area contributed by atoms with Gasteiger partial charge in [-0.3, -0.25) is 0 Å². The highest BCUT2D eigenvalue weighted by molar-refractivity contribution is 6.59. The SMILES string of the molecule is COc1ccc(B(O)O)c(CN(C)CC2CCCOC2)c1. The summed E-state index contributed by atoms with van der Waals surface area (Å²) >= 11 is 0. The smallest absolute Gasteiger partial charge is 0.488 e. The van der Waals surface area contributed by atoms with Crippen molar-refractivity contribution in [1.29, 1.82) is 0 Å². The lowest BCUT2D eigenvalue weighted by Crippen LogP contribution is -2.37. The Morgan fingerprint density at radius 3 is 2.86 bits per heavy atom. The van der Waals surface area contributed by atoms with Crippen LogP contribution in [-0.4, -0.2) is 56.0 Å². The zero-order valence-electron chi connectivity index (χ0n) is 12.8. The van der Waals surface area contributed by atoms with E-state index in [1.165, 1.54) is 6.42 Å². The molecule has 116 valence electrons. The molecule has 1 aromatic carbocycles. The van der Waals surface area contributed by atoms with Crippen LogP contribution in [0.2, 0.25) is 0 Å². The average molecular weight is 293 g/mol. The second-order valence-electron chi connectivity index (χ2n) is 5.72. The lowest BCUT2D eigenvalue weighted by molar-refractivity contribution is 0.0412. The highest BCUT2D eigenvalue weighted by atomic mass is 16.5. The van der Waals surface area contributed by atoms with Crippen LogP contribution in [0.4, 0.5) is 0 Å². The topological polar surface area (TPSA) is 62.2 Å². The van der Waals surface area contributed by atoms with Gasteiger partial charge < -0.3 is 24.4 Å². The van der Waals surface area contributed by atoms with Crippen LogP contribution in [0, 0.1) is 5.92 Å². The van der Waals surface area contributed by atoms with Gasteiger partial charge in [0.15, 0.2) is 0 Å². The summed E-state index contributed by atoms with van der Waals surface area (Å²) in [5.41, 5.74) is 1.41. The molecule has 1 saturated heterocycles. The molecule has 0 spiro atoms. The van der Waals surface area contributed by atoms with Crippen molar-refractivity contribution in [1.82, 2.24) is 4.90 Å². The number of benzene rings is 1. The molecule has 0 bridgehead atoms. The van der Waals surface area contributed by atoms with Gasteiger partial charge >= 0.3 is 7.12 Å². The van der Waals surface area contributed by atoms with Gasteiger partial charge in [0.05, 0.1) is 13.7 Å². The molecule has 1 atom stereocenters. The number of rotatable bonds is 6. The van der Waals surface area contributed by atoms with Crippen LogP contribution in [0.15, 0.2) is 18.2 Å². The molecule has 0 amide bonds. The molecule has 0 aliphatic carbocycles. The van der Waals surface area contributed by atoms with Crippen LogP contribution in [0.25, 0.3) is 0 Å². The van der Waals surface area contributed by atoms with Gasteiger partial charge in [0.2, 0.25) is 0 Å². The summed E-state index contributed by atoms with van der Waals surface area (Å²) in [5, 5.41) is 19.0. The molecule has 1 heterocycles. The molecule has 6 heteroatoms. The molecule has 1 unspecified atom stereocenters. The Morgan fingerprint density at radius 1 is 1.43 bits per heavy atom. The largest absolute Gasteiger partial charge is 0.497 e. The fourth-order valence-electron chi connectivity index (χ4n) is 2.85. The summed E-state index contributed by atoms with van der Waals surface area (Å²) in [6, 6.07) is 5.31. The molecule has 21 heavy (non-hydrogen) atoms. The van der Waals surface area contributed by atoms with Crippen LogP contribution < -0.4 is 10.2 Å². The van der Waals surface area contributed by atoms with Crippen molar-refractivity contribution in [3.8, 4) is 5.75 Å². The van der Waals surface area contributed by atoms with E-state index in [0.29, 0.717) is 17.9 Å². The summed E-state index contributed by atoms with van der Waals surface area (Å²) in [5.74, 6) is 1.28. The first kappa shape index (κ1) is 16.3. The molecule has 0 saturated carbocycles. The van der Waals surface area contributed by atoms with E-state index in [-0.39, 0.29) is 0 Å². The zero-order chi connectivity index (χ0) is 15.2. The van der Waals surface area contributed by atoms with Crippen molar-refractivity contribution in [2.24, 2.45) is 5.92 Å². The van der Waals surface area contributed by atoms with Gasteiger partial charge in [-0.2, -0.15) is 0 Å². The fraction of sp³-hybridized carbons (Fsp3) is 0.600. The fourth-order valence-corrected chi connectivity index (χ4v) is 2.85. The van der Waals surface area contributed by atoms with Crippen LogP contribution >= 0.6 is 0 Å². The van der Waals surface area contributed by atoms with Crippen molar-refractivity contribution in [3.63, 3.8) is 0 Å². The first-order valence-corrected chi connectivity index (χ1v) is 7.39. The monoisotopic (exact) mass is 293 g/mol. The van der Waals surface area contributed by atoms with E-state index in [0.717, 1.165) is 37.5 Å². The van der Waals surface area contributed by atoms with Crippen molar-refractivity contribution in [2.45, 2.75) is 19.4 Å². The molecular formula is C15H24BNO4. The molecular weight excluding hydrogens is 269 g/mol. The van der Waals surface area contributed by atoms with Crippen LogP contribution in [0.1, 0.15) is 18.4 Å². The van der Waals surface area contributed by atoms with Crippen molar-refractivity contribution < 1.29 is 19.5 Å². The summed E-state index contributed by atoms with van der Waals surface area (Å²) < 4.78 is 10.7. The Balaban J connectivity index is 2.02. The Hall–Kier alpha value is -1.08. The highest BCUT2D eigenvalue weighted by Gasteiger charge is 2.20. The van der Waals surface area contributed by atoms with Crippen molar-refractivity contribution in [3.05, 3.63) is 23.8 Å². The summed E-state index contributed by atoms with van der Waals surface area (Å²) in [6.07, 6.45) is 2.32. The predicted molar refractivity (Wildman–Crippen MR) is 82.7 cm³/mol. The molecule has 1 fully saturated rings. The van der Waals surface area contributed by atoms with E-state index in [4.69, 9.17) is 9.47 Å². The van der Waals surface area contributed by atoms with Gasteiger partial charge in [-0.25, -0.2) is 0 Å². The lowest BCUT2D eigenvalue weighted by Gasteiger charge is -2.27. The van der Waals surface area contributed by atoms with Crippen LogP contribution in [-0.2, 0) is 11.3 Å². The number of hydrogen-bond donors (Lipinski definition) is 2. The molecule has 1 aromatic rings. The molecule has 2 rings (SSSR count). The number of nitrogens with zero attached hydrogens (tertiary/aromatic N) is 1. The highest BCUT2D eigenvalue weighted by Crippen LogP contribution is 2.17. The van der Waals surface area contributed by atoms with E-state index < -0.39 is 7.12 Å². The van der Waals surface area contributed by atoms with Crippen molar-refractivity contribution in [2.75, 3.05) is 33.9 Å². The number of methoxy groups -OCH3 is 1. The van der Waals surface area contributed by atoms with Gasteiger partial charge in [-0.15, -0.1) is 0 Å². The van der Waals surface area contributed by atoms with E-state index >= 15 is 0 Å². The van der Waals surface area contributed by atoms with Gasteiger partial charge in [-0.1, -0.05) is 6.07 Å². The second kappa shape index (κ2) is 7.80. The Labute approximate surface area is 126 Å². The lowest BCUT2D eigenvalue weighted by atomic mass is 9.77. The van der Waals surface area contributed by atoms with Crippen LogP contribution in [0.3, 0.4) is 0 Å². The standard InChI is InChI=1S/C15H24BNO4/c1-17(9-12-4-3-7-21-11-12)10-13-8-14(20-2)5-6-15(13)16(18)19/h5-6,8,12,18-19H,3-4,7,9-11H2,1-2H3. The van der Waals surface area contributed by atoms with E-state index in [1.54, 1.807) is 19.2 Å². The third-order valence-electron chi connectivity index (χ3n) is 3.89. The maximum absolute atomic E-state index is 9.48. The number of hydrogen-bond acceptors (Lipinski definition) is 5. The average Bonchev–Trinajstić information content (AvgIpc) is 2.47. The first-order chi connectivity index (χ1) is 10.1.